The van der Waals surface area contributed by atoms with E-state index in [2.05, 4.69) is 25.2 Å². The molecule has 1 amide bonds. The Bertz CT molecular complexity index is 930. The first-order valence-corrected chi connectivity index (χ1v) is 9.67. The Morgan fingerprint density at radius 2 is 2.00 bits per heavy atom. The van der Waals surface area contributed by atoms with Gasteiger partial charge in [0.25, 0.3) is 5.56 Å². The molecule has 2 aliphatic rings. The zero-order chi connectivity index (χ0) is 19.7. The highest BCUT2D eigenvalue weighted by Crippen LogP contribution is 2.38. The Kier molecular flexibility index (Phi) is 4.97. The molecule has 1 aliphatic heterocycles. The third-order valence-corrected chi connectivity index (χ3v) is 5.05. The van der Waals surface area contributed by atoms with E-state index in [1.54, 1.807) is 6.20 Å². The van der Waals surface area contributed by atoms with Crippen LogP contribution in [0.1, 0.15) is 37.3 Å². The Balaban J connectivity index is 1.48. The van der Waals surface area contributed by atoms with Gasteiger partial charge >= 0.3 is 0 Å². The molecule has 0 aromatic carbocycles. The average Bonchev–Trinajstić information content (AvgIpc) is 3.37. The van der Waals surface area contributed by atoms with Gasteiger partial charge in [-0.25, -0.2) is 9.97 Å². The normalized spacial score (nSPS) is 16.3. The summed E-state index contributed by atoms with van der Waals surface area (Å²) in [6, 6.07) is 1.53. The van der Waals surface area contributed by atoms with E-state index in [9.17, 15) is 9.59 Å². The van der Waals surface area contributed by atoms with Crippen molar-refractivity contribution >= 4 is 23.4 Å². The smallest absolute Gasteiger partial charge is 0.254 e. The number of rotatable bonds is 6. The van der Waals surface area contributed by atoms with Gasteiger partial charge in [-0.05, 0) is 25.7 Å². The van der Waals surface area contributed by atoms with Gasteiger partial charge in [0, 0.05) is 39.2 Å². The molecule has 0 unspecified atom stereocenters. The summed E-state index contributed by atoms with van der Waals surface area (Å²) < 4.78 is 1.32. The molecule has 3 heterocycles. The fraction of sp³-hybridized carbons (Fsp3) is 0.526. The minimum absolute atomic E-state index is 0.0997. The molecular formula is C19H25N7O2. The van der Waals surface area contributed by atoms with Crippen molar-refractivity contribution in [2.45, 2.75) is 38.1 Å². The topological polar surface area (TPSA) is 96.2 Å². The van der Waals surface area contributed by atoms with Crippen molar-refractivity contribution in [3.63, 3.8) is 0 Å². The van der Waals surface area contributed by atoms with E-state index in [-0.39, 0.29) is 18.0 Å². The van der Waals surface area contributed by atoms with Crippen LogP contribution in [0.2, 0.25) is 0 Å². The van der Waals surface area contributed by atoms with Crippen LogP contribution >= 0.6 is 0 Å². The first kappa shape index (κ1) is 18.4. The van der Waals surface area contributed by atoms with Crippen LogP contribution in [-0.2, 0) is 11.3 Å². The van der Waals surface area contributed by atoms with Gasteiger partial charge in [0.05, 0.1) is 18.2 Å². The number of carbonyl (C=O) groups excluding carboxylic acids is 1. The third-order valence-electron chi connectivity index (χ3n) is 5.05. The van der Waals surface area contributed by atoms with Gasteiger partial charge in [0.15, 0.2) is 5.82 Å². The number of nitrogens with zero attached hydrogens (tertiary/aromatic N) is 6. The summed E-state index contributed by atoms with van der Waals surface area (Å²) in [6.45, 7) is 1.80. The van der Waals surface area contributed by atoms with Crippen LogP contribution in [0.15, 0.2) is 23.4 Å². The fourth-order valence-electron chi connectivity index (χ4n) is 3.37. The largest absolute Gasteiger partial charge is 0.361 e. The van der Waals surface area contributed by atoms with E-state index in [4.69, 9.17) is 0 Å². The number of hydrogen-bond acceptors (Lipinski definition) is 7. The molecule has 2 aromatic heterocycles. The van der Waals surface area contributed by atoms with Gasteiger partial charge in [0.1, 0.15) is 12.2 Å². The lowest BCUT2D eigenvalue weighted by Crippen LogP contribution is -2.29. The van der Waals surface area contributed by atoms with Crippen molar-refractivity contribution < 1.29 is 4.79 Å². The molecule has 1 saturated heterocycles. The van der Waals surface area contributed by atoms with E-state index in [1.165, 1.54) is 17.0 Å². The monoisotopic (exact) mass is 383 g/mol. The zero-order valence-corrected chi connectivity index (χ0v) is 16.3. The lowest BCUT2D eigenvalue weighted by molar-refractivity contribution is -0.116. The number of anilines is 3. The van der Waals surface area contributed by atoms with Crippen molar-refractivity contribution in [1.29, 1.82) is 0 Å². The first-order valence-electron chi connectivity index (χ1n) is 9.67. The maximum absolute atomic E-state index is 12.5. The van der Waals surface area contributed by atoms with Crippen molar-refractivity contribution in [3.05, 3.63) is 34.6 Å². The second kappa shape index (κ2) is 7.57. The standard InChI is InChI=1S/C19H25N7O2/c1-24(2)18-15(10-20-19(23-18)25-7-3-4-8-25)22-16(27)11-26-12-21-14(9-17(26)28)13-5-6-13/h9-10,12-13H,3-8,11H2,1-2H3,(H,22,27). The Morgan fingerprint density at radius 1 is 1.25 bits per heavy atom. The second-order valence-electron chi connectivity index (χ2n) is 7.60. The SMILES string of the molecule is CN(C)c1nc(N2CCCC2)ncc1NC(=O)Cn1cnc(C2CC2)cc1=O. The number of nitrogens with one attached hydrogen (secondary N) is 1. The molecule has 148 valence electrons. The van der Waals surface area contributed by atoms with Crippen molar-refractivity contribution in [2.24, 2.45) is 0 Å². The van der Waals surface area contributed by atoms with Gasteiger partial charge in [-0.2, -0.15) is 4.98 Å². The molecule has 0 bridgehead atoms. The molecule has 1 aliphatic carbocycles. The summed E-state index contributed by atoms with van der Waals surface area (Å²) in [5.41, 5.74) is 1.14. The fourth-order valence-corrected chi connectivity index (χ4v) is 3.37. The minimum Gasteiger partial charge on any atom is -0.361 e. The average molecular weight is 383 g/mol. The quantitative estimate of drug-likeness (QED) is 0.801. The van der Waals surface area contributed by atoms with Crippen LogP contribution in [0.5, 0.6) is 0 Å². The van der Waals surface area contributed by atoms with E-state index in [0.717, 1.165) is 44.5 Å². The number of amides is 1. The lowest BCUT2D eigenvalue weighted by atomic mass is 10.3. The molecule has 0 atom stereocenters. The molecule has 9 heteroatoms. The molecule has 1 saturated carbocycles. The number of hydrogen-bond donors (Lipinski definition) is 1. The molecule has 4 rings (SSSR count). The van der Waals surface area contributed by atoms with Crippen LogP contribution < -0.4 is 20.7 Å². The summed E-state index contributed by atoms with van der Waals surface area (Å²) in [5, 5.41) is 2.82. The van der Waals surface area contributed by atoms with Crippen LogP contribution in [-0.4, -0.2) is 52.6 Å². The summed E-state index contributed by atoms with van der Waals surface area (Å²) >= 11 is 0. The maximum atomic E-state index is 12.5. The van der Waals surface area contributed by atoms with Crippen LogP contribution in [0, 0.1) is 0 Å². The molecular weight excluding hydrogens is 358 g/mol. The second-order valence-corrected chi connectivity index (χ2v) is 7.60. The highest BCUT2D eigenvalue weighted by Gasteiger charge is 2.25. The molecule has 0 spiro atoms. The van der Waals surface area contributed by atoms with Gasteiger partial charge in [-0.3, -0.25) is 14.2 Å². The van der Waals surface area contributed by atoms with Crippen molar-refractivity contribution in [3.8, 4) is 0 Å². The van der Waals surface area contributed by atoms with Gasteiger partial charge in [0.2, 0.25) is 11.9 Å². The van der Waals surface area contributed by atoms with Gasteiger partial charge < -0.3 is 15.1 Å². The van der Waals surface area contributed by atoms with E-state index < -0.39 is 0 Å². The third kappa shape index (κ3) is 3.97. The zero-order valence-electron chi connectivity index (χ0n) is 16.3. The Morgan fingerprint density at radius 3 is 2.64 bits per heavy atom. The van der Waals surface area contributed by atoms with Gasteiger partial charge in [-0.15, -0.1) is 0 Å². The van der Waals surface area contributed by atoms with Crippen molar-refractivity contribution in [2.75, 3.05) is 42.3 Å². The summed E-state index contributed by atoms with van der Waals surface area (Å²) in [6.07, 6.45) is 7.53. The maximum Gasteiger partial charge on any atom is 0.254 e. The summed E-state index contributed by atoms with van der Waals surface area (Å²) in [5.74, 6) is 1.41. The predicted octanol–water partition coefficient (Wildman–Crippen LogP) is 1.22. The molecule has 1 N–H and O–H groups in total. The Labute approximate surface area is 163 Å². The molecule has 2 fully saturated rings. The van der Waals surface area contributed by atoms with Crippen LogP contribution in [0.3, 0.4) is 0 Å². The van der Waals surface area contributed by atoms with Crippen LogP contribution in [0.25, 0.3) is 0 Å². The first-order chi connectivity index (χ1) is 13.5. The number of carbonyl (C=O) groups is 1. The van der Waals surface area contributed by atoms with E-state index in [1.807, 2.05) is 19.0 Å². The minimum atomic E-state index is -0.316. The highest BCUT2D eigenvalue weighted by atomic mass is 16.2. The molecule has 0 radical (unpaired) electrons. The lowest BCUT2D eigenvalue weighted by Gasteiger charge is -2.21. The van der Waals surface area contributed by atoms with Crippen LogP contribution in [0.4, 0.5) is 17.5 Å². The summed E-state index contributed by atoms with van der Waals surface area (Å²) in [7, 11) is 3.74. The number of aromatic nitrogens is 4. The summed E-state index contributed by atoms with van der Waals surface area (Å²) in [4.78, 5) is 42.1. The molecule has 28 heavy (non-hydrogen) atoms. The highest BCUT2D eigenvalue weighted by molar-refractivity contribution is 5.93. The Hall–Kier alpha value is -2.97. The van der Waals surface area contributed by atoms with E-state index in [0.29, 0.717) is 23.4 Å². The van der Waals surface area contributed by atoms with E-state index >= 15 is 0 Å². The van der Waals surface area contributed by atoms with Gasteiger partial charge in [-0.1, -0.05) is 0 Å². The molecule has 9 nitrogen and oxygen atoms in total. The molecule has 2 aromatic rings. The predicted molar refractivity (Wildman–Crippen MR) is 107 cm³/mol. The van der Waals surface area contributed by atoms with Crippen molar-refractivity contribution in [1.82, 2.24) is 19.5 Å².